The Balaban J connectivity index is 2.47. The first-order valence-corrected chi connectivity index (χ1v) is 3.93. The van der Waals surface area contributed by atoms with Crippen molar-refractivity contribution in [2.75, 3.05) is 11.5 Å². The standard InChI is InChI=1S/C5H7NO3S/c7-4-2-10-1-3(6-4)5(8)9/h3H,1-2H2,(H,6,7)(H,8,9)/p-1/t3-/m0/s1. The van der Waals surface area contributed by atoms with Crippen molar-refractivity contribution in [3.05, 3.63) is 0 Å². The quantitative estimate of drug-likeness (QED) is 0.480. The highest BCUT2D eigenvalue weighted by molar-refractivity contribution is 8.00. The zero-order valence-corrected chi connectivity index (χ0v) is 5.94. The molecule has 4 nitrogen and oxygen atoms in total. The first-order valence-electron chi connectivity index (χ1n) is 2.78. The van der Waals surface area contributed by atoms with Crippen molar-refractivity contribution in [1.29, 1.82) is 0 Å². The molecule has 5 heteroatoms. The van der Waals surface area contributed by atoms with Crippen molar-refractivity contribution in [2.45, 2.75) is 6.04 Å². The Kier molecular flexibility index (Phi) is 2.16. The summed E-state index contributed by atoms with van der Waals surface area (Å²) >= 11 is 1.31. The highest BCUT2D eigenvalue weighted by atomic mass is 32.2. The van der Waals surface area contributed by atoms with E-state index in [9.17, 15) is 14.7 Å². The van der Waals surface area contributed by atoms with E-state index in [-0.39, 0.29) is 5.91 Å². The van der Waals surface area contributed by atoms with E-state index in [1.165, 1.54) is 11.8 Å². The van der Waals surface area contributed by atoms with Gasteiger partial charge in [0.1, 0.15) is 0 Å². The van der Waals surface area contributed by atoms with Gasteiger partial charge in [-0.3, -0.25) is 4.79 Å². The molecule has 1 saturated heterocycles. The van der Waals surface area contributed by atoms with Crippen LogP contribution >= 0.6 is 11.8 Å². The summed E-state index contributed by atoms with van der Waals surface area (Å²) in [5, 5.41) is 12.5. The smallest absolute Gasteiger partial charge is 0.230 e. The average molecular weight is 160 g/mol. The number of carboxylic acid groups (broad SMARTS) is 1. The zero-order valence-electron chi connectivity index (χ0n) is 5.12. The first-order chi connectivity index (χ1) is 4.70. The van der Waals surface area contributed by atoms with Crippen LogP contribution in [0.25, 0.3) is 0 Å². The molecule has 0 aliphatic carbocycles. The van der Waals surface area contributed by atoms with Crippen molar-refractivity contribution in [3.8, 4) is 0 Å². The third-order valence-electron chi connectivity index (χ3n) is 1.14. The Bertz CT molecular complexity index is 168. The highest BCUT2D eigenvalue weighted by Gasteiger charge is 2.18. The van der Waals surface area contributed by atoms with E-state index in [4.69, 9.17) is 0 Å². The molecule has 1 amide bonds. The van der Waals surface area contributed by atoms with Crippen LogP contribution in [0.2, 0.25) is 0 Å². The van der Waals surface area contributed by atoms with Crippen LogP contribution in [0.5, 0.6) is 0 Å². The Morgan fingerprint density at radius 2 is 2.50 bits per heavy atom. The Morgan fingerprint density at radius 1 is 1.80 bits per heavy atom. The molecule has 0 aromatic heterocycles. The normalized spacial score (nSPS) is 25.6. The molecular formula is C5H6NO3S-. The molecule has 1 heterocycles. The summed E-state index contributed by atoms with van der Waals surface area (Å²) < 4.78 is 0. The molecule has 0 unspecified atom stereocenters. The topological polar surface area (TPSA) is 69.2 Å². The third-order valence-corrected chi connectivity index (χ3v) is 2.17. The van der Waals surface area contributed by atoms with E-state index in [1.54, 1.807) is 0 Å². The van der Waals surface area contributed by atoms with Crippen molar-refractivity contribution in [3.63, 3.8) is 0 Å². The first kappa shape index (κ1) is 7.40. The van der Waals surface area contributed by atoms with Gasteiger partial charge in [0.15, 0.2) is 0 Å². The third kappa shape index (κ3) is 1.63. The lowest BCUT2D eigenvalue weighted by Crippen LogP contribution is -2.52. The van der Waals surface area contributed by atoms with Crippen LogP contribution in [-0.2, 0) is 9.59 Å². The minimum absolute atomic E-state index is 0.231. The molecule has 0 aromatic carbocycles. The number of thioether (sulfide) groups is 1. The minimum atomic E-state index is -1.21. The predicted octanol–water partition coefficient (Wildman–Crippen LogP) is -2.03. The van der Waals surface area contributed by atoms with Crippen LogP contribution in [0.3, 0.4) is 0 Å². The molecule has 0 saturated carbocycles. The monoisotopic (exact) mass is 160 g/mol. The van der Waals surface area contributed by atoms with Gasteiger partial charge in [-0.1, -0.05) is 0 Å². The van der Waals surface area contributed by atoms with Crippen LogP contribution < -0.4 is 10.4 Å². The fourth-order valence-electron chi connectivity index (χ4n) is 0.674. The molecule has 1 aliphatic rings. The van der Waals surface area contributed by atoms with Gasteiger partial charge in [0.2, 0.25) is 5.91 Å². The summed E-state index contributed by atoms with van der Waals surface area (Å²) in [6, 6.07) is -0.800. The fourth-order valence-corrected chi connectivity index (χ4v) is 1.52. The number of hydrogen-bond acceptors (Lipinski definition) is 4. The molecule has 10 heavy (non-hydrogen) atoms. The molecule has 1 aliphatic heterocycles. The number of carbonyl (C=O) groups is 2. The maximum atomic E-state index is 10.6. The molecule has 1 fully saturated rings. The summed E-state index contributed by atoms with van der Waals surface area (Å²) in [5.41, 5.74) is 0. The summed E-state index contributed by atoms with van der Waals surface area (Å²) in [6.07, 6.45) is 0. The van der Waals surface area contributed by atoms with Gasteiger partial charge in [-0.2, -0.15) is 0 Å². The molecular weight excluding hydrogens is 154 g/mol. The lowest BCUT2D eigenvalue weighted by atomic mass is 10.3. The Morgan fingerprint density at radius 3 is 2.90 bits per heavy atom. The van der Waals surface area contributed by atoms with Crippen LogP contribution in [0.4, 0.5) is 0 Å². The van der Waals surface area contributed by atoms with E-state index in [1.807, 2.05) is 0 Å². The number of amides is 1. The Hall–Kier alpha value is -0.710. The molecule has 1 rings (SSSR count). The van der Waals surface area contributed by atoms with Gasteiger partial charge >= 0.3 is 0 Å². The number of hydrogen-bond donors (Lipinski definition) is 1. The largest absolute Gasteiger partial charge is 0.548 e. The summed E-state index contributed by atoms with van der Waals surface area (Å²) in [7, 11) is 0. The van der Waals surface area contributed by atoms with Crippen molar-refractivity contribution < 1.29 is 14.7 Å². The second-order valence-electron chi connectivity index (χ2n) is 1.95. The second-order valence-corrected chi connectivity index (χ2v) is 2.98. The molecule has 56 valence electrons. The number of aliphatic carboxylic acids is 1. The zero-order chi connectivity index (χ0) is 7.56. The van der Waals surface area contributed by atoms with Crippen LogP contribution in [-0.4, -0.2) is 29.4 Å². The van der Waals surface area contributed by atoms with Gasteiger partial charge in [0, 0.05) is 5.75 Å². The van der Waals surface area contributed by atoms with Gasteiger partial charge < -0.3 is 15.2 Å². The van der Waals surface area contributed by atoms with Gasteiger partial charge in [-0.05, 0) is 0 Å². The molecule has 1 N–H and O–H groups in total. The van der Waals surface area contributed by atoms with E-state index >= 15 is 0 Å². The van der Waals surface area contributed by atoms with Gasteiger partial charge in [0.05, 0.1) is 17.8 Å². The molecule has 1 atom stereocenters. The number of carboxylic acids is 1. The van der Waals surface area contributed by atoms with Crippen LogP contribution in [0, 0.1) is 0 Å². The lowest BCUT2D eigenvalue weighted by Gasteiger charge is -2.23. The second kappa shape index (κ2) is 2.92. The minimum Gasteiger partial charge on any atom is -0.548 e. The summed E-state index contributed by atoms with van der Waals surface area (Å²) in [5.74, 6) is -0.677. The molecule has 0 aromatic rings. The van der Waals surface area contributed by atoms with E-state index in [0.29, 0.717) is 11.5 Å². The molecule has 0 spiro atoms. The number of carbonyl (C=O) groups excluding carboxylic acids is 2. The van der Waals surface area contributed by atoms with Crippen molar-refractivity contribution >= 4 is 23.6 Å². The molecule has 0 bridgehead atoms. The van der Waals surface area contributed by atoms with E-state index in [2.05, 4.69) is 5.32 Å². The average Bonchev–Trinajstić information content (AvgIpc) is 1.88. The predicted molar refractivity (Wildman–Crippen MR) is 34.3 cm³/mol. The maximum Gasteiger partial charge on any atom is 0.230 e. The maximum absolute atomic E-state index is 10.6. The summed E-state index contributed by atoms with van der Waals surface area (Å²) in [4.78, 5) is 20.7. The van der Waals surface area contributed by atoms with E-state index in [0.717, 1.165) is 0 Å². The van der Waals surface area contributed by atoms with Gasteiger partial charge in [0.25, 0.3) is 0 Å². The van der Waals surface area contributed by atoms with Crippen molar-refractivity contribution in [2.24, 2.45) is 0 Å². The number of rotatable bonds is 1. The number of nitrogens with one attached hydrogen (secondary N) is 1. The van der Waals surface area contributed by atoms with E-state index < -0.39 is 12.0 Å². The van der Waals surface area contributed by atoms with Gasteiger partial charge in [-0.25, -0.2) is 0 Å². The summed E-state index contributed by atoms with van der Waals surface area (Å²) in [6.45, 7) is 0. The Labute approximate surface area is 62.0 Å². The molecule has 0 radical (unpaired) electrons. The fraction of sp³-hybridized carbons (Fsp3) is 0.600. The van der Waals surface area contributed by atoms with Crippen LogP contribution in [0.1, 0.15) is 0 Å². The van der Waals surface area contributed by atoms with Crippen LogP contribution in [0.15, 0.2) is 0 Å². The lowest BCUT2D eigenvalue weighted by molar-refractivity contribution is -0.307. The SMILES string of the molecule is O=C1CSC[C@@H](C(=O)[O-])N1. The van der Waals surface area contributed by atoms with Crippen molar-refractivity contribution in [1.82, 2.24) is 5.32 Å². The van der Waals surface area contributed by atoms with Gasteiger partial charge in [-0.15, -0.1) is 11.8 Å². The highest BCUT2D eigenvalue weighted by Crippen LogP contribution is 2.07.